The van der Waals surface area contributed by atoms with Crippen LogP contribution in [-0.2, 0) is 9.59 Å². The van der Waals surface area contributed by atoms with Crippen LogP contribution in [0.3, 0.4) is 0 Å². The van der Waals surface area contributed by atoms with Crippen LogP contribution in [0.4, 0.5) is 4.79 Å². The molecule has 1 saturated heterocycles. The molecule has 2 heterocycles. The fourth-order valence-electron chi connectivity index (χ4n) is 4.79. The molecule has 1 unspecified atom stereocenters. The molecule has 10 nitrogen and oxygen atoms in total. The number of carbonyl (C=O) groups is 5. The van der Waals surface area contributed by atoms with Crippen LogP contribution in [0, 0.1) is 5.41 Å². The largest absolute Gasteiger partial charge is 0.493 e. The molecule has 5 amide bonds. The molecule has 2 aliphatic heterocycles. The molecule has 0 bridgehead atoms. The maximum absolute atomic E-state index is 13.3. The van der Waals surface area contributed by atoms with Gasteiger partial charge >= 0.3 is 6.09 Å². The van der Waals surface area contributed by atoms with E-state index in [4.69, 9.17) is 10.5 Å². The number of piperidine rings is 1. The minimum atomic E-state index is -1.70. The van der Waals surface area contributed by atoms with Gasteiger partial charge in [-0.3, -0.25) is 24.1 Å². The highest BCUT2D eigenvalue weighted by Gasteiger charge is 2.63. The van der Waals surface area contributed by atoms with Crippen LogP contribution in [0.25, 0.3) is 0 Å². The van der Waals surface area contributed by atoms with E-state index in [1.165, 1.54) is 6.07 Å². The van der Waals surface area contributed by atoms with Crippen molar-refractivity contribution in [3.05, 3.63) is 29.3 Å². The molecule has 1 atom stereocenters. The lowest BCUT2D eigenvalue weighted by molar-refractivity contribution is -0.153. The predicted octanol–water partition coefficient (Wildman–Crippen LogP) is 2.55. The number of rotatable bonds is 10. The van der Waals surface area contributed by atoms with Crippen molar-refractivity contribution < 1.29 is 33.8 Å². The van der Waals surface area contributed by atoms with E-state index in [-0.39, 0.29) is 28.2 Å². The van der Waals surface area contributed by atoms with Crippen molar-refractivity contribution in [2.24, 2.45) is 11.1 Å². The van der Waals surface area contributed by atoms with Gasteiger partial charge in [-0.15, -0.1) is 0 Å². The smallest absolute Gasteiger partial charge is 0.421 e. The first-order chi connectivity index (χ1) is 16.3. The Balaban J connectivity index is 1.47. The summed E-state index contributed by atoms with van der Waals surface area (Å²) >= 11 is 0. The molecule has 3 aliphatic rings. The van der Waals surface area contributed by atoms with Crippen molar-refractivity contribution in [3.8, 4) is 5.75 Å². The number of nitrogens with two attached hydrogens (primary N) is 1. The lowest BCUT2D eigenvalue weighted by atomic mass is 9.89. The molecule has 1 spiro atoms. The fraction of sp³-hybridized carbons (Fsp3) is 0.542. The number of nitrogens with zero attached hydrogens (tertiary/aromatic N) is 2. The number of carboxylic acid groups (broad SMARTS) is 1. The highest BCUT2D eigenvalue weighted by molar-refractivity contribution is 6.25. The number of unbranched alkanes of at least 4 members (excludes halogenated alkanes) is 5. The van der Waals surface area contributed by atoms with E-state index in [9.17, 15) is 29.1 Å². The van der Waals surface area contributed by atoms with E-state index < -0.39 is 41.2 Å². The first-order valence-electron chi connectivity index (χ1n) is 11.8. The Morgan fingerprint density at radius 2 is 1.71 bits per heavy atom. The molecule has 0 radical (unpaired) electrons. The standard InChI is InChI=1S/C24H29N3O7/c25-12-5-3-1-2-4-6-13-34-17-9-7-8-15-18(17)21(30)26(19(15)28)16-14-24(10-11-24)22(31)27(20(16)29)23(32)33/h7-9,16H,1-6,10-14,25H2,(H,32,33). The second-order valence-corrected chi connectivity index (χ2v) is 9.18. The zero-order valence-electron chi connectivity index (χ0n) is 19.0. The highest BCUT2D eigenvalue weighted by atomic mass is 16.5. The highest BCUT2D eigenvalue weighted by Crippen LogP contribution is 2.54. The number of ether oxygens (including phenoxy) is 1. The third-order valence-corrected chi connectivity index (χ3v) is 6.87. The quantitative estimate of drug-likeness (QED) is 0.391. The van der Waals surface area contributed by atoms with Crippen LogP contribution in [0.2, 0.25) is 0 Å². The van der Waals surface area contributed by atoms with Gasteiger partial charge < -0.3 is 15.6 Å². The topological polar surface area (TPSA) is 147 Å². The monoisotopic (exact) mass is 471 g/mol. The van der Waals surface area contributed by atoms with Gasteiger partial charge in [-0.05, 0) is 50.8 Å². The summed E-state index contributed by atoms with van der Waals surface area (Å²) in [6.07, 6.45) is 5.12. The van der Waals surface area contributed by atoms with Gasteiger partial charge in [0.1, 0.15) is 11.8 Å². The number of imide groups is 4. The Bertz CT molecular complexity index is 1030. The Hall–Kier alpha value is -3.27. The summed E-state index contributed by atoms with van der Waals surface area (Å²) in [5, 5.41) is 9.42. The molecule has 2 fully saturated rings. The van der Waals surface area contributed by atoms with Gasteiger partial charge in [0.2, 0.25) is 5.91 Å². The molecule has 1 aromatic carbocycles. The van der Waals surface area contributed by atoms with Gasteiger partial charge in [-0.25, -0.2) is 4.79 Å². The van der Waals surface area contributed by atoms with Crippen molar-refractivity contribution in [2.75, 3.05) is 13.2 Å². The normalized spacial score (nSPS) is 20.8. The number of fused-ring (bicyclic) bond motifs is 1. The maximum Gasteiger partial charge on any atom is 0.421 e. The zero-order valence-corrected chi connectivity index (χ0v) is 19.0. The van der Waals surface area contributed by atoms with Gasteiger partial charge in [-0.2, -0.15) is 4.90 Å². The average molecular weight is 472 g/mol. The summed E-state index contributed by atoms with van der Waals surface area (Å²) in [6, 6.07) is 3.35. The summed E-state index contributed by atoms with van der Waals surface area (Å²) in [5.74, 6) is -2.96. The van der Waals surface area contributed by atoms with Crippen LogP contribution >= 0.6 is 0 Å². The van der Waals surface area contributed by atoms with Gasteiger partial charge in [0.25, 0.3) is 17.7 Å². The third kappa shape index (κ3) is 4.18. The van der Waals surface area contributed by atoms with E-state index in [2.05, 4.69) is 0 Å². The summed E-state index contributed by atoms with van der Waals surface area (Å²) in [7, 11) is 0. The van der Waals surface area contributed by atoms with Crippen molar-refractivity contribution in [2.45, 2.75) is 63.8 Å². The SMILES string of the molecule is NCCCCCCCCOc1cccc2c1C(=O)N(C1CC3(CC3)C(=O)N(C(=O)O)C1=O)C2=O. The summed E-state index contributed by atoms with van der Waals surface area (Å²) in [5.41, 5.74) is 4.67. The second kappa shape index (κ2) is 9.54. The van der Waals surface area contributed by atoms with Crippen molar-refractivity contribution >= 4 is 29.7 Å². The molecule has 10 heteroatoms. The Kier molecular flexibility index (Phi) is 6.70. The summed E-state index contributed by atoms with van der Waals surface area (Å²) in [4.78, 5) is 64.4. The van der Waals surface area contributed by atoms with Crippen LogP contribution in [0.15, 0.2) is 18.2 Å². The number of amides is 5. The van der Waals surface area contributed by atoms with Gasteiger partial charge in [0.15, 0.2) is 0 Å². The first kappa shape index (κ1) is 23.9. The van der Waals surface area contributed by atoms with Crippen LogP contribution < -0.4 is 10.5 Å². The molecular weight excluding hydrogens is 442 g/mol. The molecule has 1 aliphatic carbocycles. The summed E-state index contributed by atoms with van der Waals surface area (Å²) in [6.45, 7) is 1.08. The minimum Gasteiger partial charge on any atom is -0.493 e. The fourth-order valence-corrected chi connectivity index (χ4v) is 4.79. The molecule has 3 N–H and O–H groups in total. The zero-order chi connectivity index (χ0) is 24.5. The maximum atomic E-state index is 13.3. The van der Waals surface area contributed by atoms with Gasteiger partial charge in [0.05, 0.1) is 23.1 Å². The van der Waals surface area contributed by atoms with Crippen molar-refractivity contribution in [3.63, 3.8) is 0 Å². The molecule has 34 heavy (non-hydrogen) atoms. The number of carbonyl (C=O) groups excluding carboxylic acids is 4. The first-order valence-corrected chi connectivity index (χ1v) is 11.8. The average Bonchev–Trinajstić information content (AvgIpc) is 3.54. The van der Waals surface area contributed by atoms with Crippen molar-refractivity contribution in [1.82, 2.24) is 9.80 Å². The van der Waals surface area contributed by atoms with Gasteiger partial charge in [-0.1, -0.05) is 31.7 Å². The molecule has 4 rings (SSSR count). The minimum absolute atomic E-state index is 0.0553. The van der Waals surface area contributed by atoms with E-state index in [0.717, 1.165) is 43.4 Å². The predicted molar refractivity (Wildman–Crippen MR) is 119 cm³/mol. The Morgan fingerprint density at radius 1 is 1.03 bits per heavy atom. The lowest BCUT2D eigenvalue weighted by Gasteiger charge is -2.36. The summed E-state index contributed by atoms with van der Waals surface area (Å²) < 4.78 is 5.82. The molecule has 1 aromatic rings. The molecular formula is C24H29N3O7. The van der Waals surface area contributed by atoms with Crippen LogP contribution in [-0.4, -0.2) is 63.8 Å². The molecule has 1 saturated carbocycles. The number of hydrogen-bond donors (Lipinski definition) is 2. The van der Waals surface area contributed by atoms with E-state index >= 15 is 0 Å². The van der Waals surface area contributed by atoms with Crippen LogP contribution in [0.1, 0.15) is 78.5 Å². The van der Waals surface area contributed by atoms with E-state index in [0.29, 0.717) is 26.0 Å². The molecule has 0 aromatic heterocycles. The van der Waals surface area contributed by atoms with E-state index in [1.807, 2.05) is 0 Å². The number of benzene rings is 1. The van der Waals surface area contributed by atoms with Crippen molar-refractivity contribution in [1.29, 1.82) is 0 Å². The third-order valence-electron chi connectivity index (χ3n) is 6.87. The molecule has 182 valence electrons. The van der Waals surface area contributed by atoms with Gasteiger partial charge in [0, 0.05) is 0 Å². The van der Waals surface area contributed by atoms with E-state index in [1.54, 1.807) is 12.1 Å². The number of hydrogen-bond acceptors (Lipinski definition) is 7. The Labute approximate surface area is 197 Å². The van der Waals surface area contributed by atoms with Crippen LogP contribution in [0.5, 0.6) is 5.75 Å². The lowest BCUT2D eigenvalue weighted by Crippen LogP contribution is -2.60. The Morgan fingerprint density at radius 3 is 2.35 bits per heavy atom. The second-order valence-electron chi connectivity index (χ2n) is 9.18. The number of likely N-dealkylation sites (tertiary alicyclic amines) is 1.